The van der Waals surface area contributed by atoms with Gasteiger partial charge >= 0.3 is 0 Å². The summed E-state index contributed by atoms with van der Waals surface area (Å²) >= 11 is 8.14. The second-order valence-corrected chi connectivity index (χ2v) is 13.5. The minimum absolute atomic E-state index is 0.0817. The monoisotopic (exact) mass is 591 g/mol. The zero-order valence-corrected chi connectivity index (χ0v) is 24.6. The fourth-order valence-electron chi connectivity index (χ4n) is 7.06. The molecule has 9 heteroatoms. The normalized spacial score (nSPS) is 30.8. The molecule has 0 saturated carbocycles. The summed E-state index contributed by atoms with van der Waals surface area (Å²) in [7, 11) is 0. The molecule has 2 fully saturated rings. The summed E-state index contributed by atoms with van der Waals surface area (Å²) in [5.41, 5.74) is 1.39. The number of nitrogens with zero attached hydrogens (tertiary/aromatic N) is 3. The molecule has 6 rings (SSSR count). The van der Waals surface area contributed by atoms with Gasteiger partial charge in [0.2, 0.25) is 11.8 Å². The molecule has 4 heterocycles. The van der Waals surface area contributed by atoms with Crippen molar-refractivity contribution in [3.05, 3.63) is 83.9 Å². The molecule has 214 valence electrons. The van der Waals surface area contributed by atoms with E-state index < -0.39 is 27.4 Å². The molecule has 4 aliphatic rings. The quantitative estimate of drug-likeness (QED) is 0.373. The van der Waals surface area contributed by atoms with E-state index >= 15 is 0 Å². The molecule has 4 aliphatic heterocycles. The van der Waals surface area contributed by atoms with Crippen LogP contribution in [0.4, 0.5) is 11.4 Å². The van der Waals surface area contributed by atoms with Crippen molar-refractivity contribution in [3.8, 4) is 0 Å². The molecule has 0 aliphatic carbocycles. The Morgan fingerprint density at radius 1 is 0.854 bits per heavy atom. The third kappa shape index (κ3) is 4.51. The zero-order chi connectivity index (χ0) is 28.8. The van der Waals surface area contributed by atoms with E-state index in [-0.39, 0.29) is 24.3 Å². The van der Waals surface area contributed by atoms with Crippen molar-refractivity contribution in [1.82, 2.24) is 4.90 Å². The summed E-state index contributed by atoms with van der Waals surface area (Å²) in [5.74, 6) is -1.79. The smallest absolute Gasteiger partial charge is 0.251 e. The molecule has 2 aromatic rings. The van der Waals surface area contributed by atoms with Crippen LogP contribution >= 0.6 is 23.4 Å². The summed E-state index contributed by atoms with van der Waals surface area (Å²) < 4.78 is -1.59. The minimum atomic E-state index is -0.916. The summed E-state index contributed by atoms with van der Waals surface area (Å²) in [6, 6.07) is 16.0. The molecule has 7 nitrogen and oxygen atoms in total. The molecule has 1 spiro atoms. The highest BCUT2D eigenvalue weighted by atomic mass is 35.5. The second kappa shape index (κ2) is 11.0. The number of fused-ring (bicyclic) bond motifs is 2. The van der Waals surface area contributed by atoms with Gasteiger partial charge in [0.25, 0.3) is 5.91 Å². The predicted molar refractivity (Wildman–Crippen MR) is 163 cm³/mol. The number of carbonyl (C=O) groups is 3. The van der Waals surface area contributed by atoms with Crippen molar-refractivity contribution < 1.29 is 19.5 Å². The highest BCUT2D eigenvalue weighted by Crippen LogP contribution is 2.65. The topological polar surface area (TPSA) is 81.2 Å². The molecule has 2 aromatic carbocycles. The van der Waals surface area contributed by atoms with Crippen molar-refractivity contribution in [2.75, 3.05) is 36.0 Å². The number of unbranched alkanes of at least 4 members (excludes halogenated alkanes) is 2. The van der Waals surface area contributed by atoms with Gasteiger partial charge in [0.1, 0.15) is 6.04 Å². The van der Waals surface area contributed by atoms with E-state index in [9.17, 15) is 19.5 Å². The van der Waals surface area contributed by atoms with Crippen molar-refractivity contribution in [2.24, 2.45) is 11.8 Å². The lowest BCUT2D eigenvalue weighted by molar-refractivity contribution is -0.139. The lowest BCUT2D eigenvalue weighted by Crippen LogP contribution is -2.53. The van der Waals surface area contributed by atoms with Crippen LogP contribution in [0.25, 0.3) is 0 Å². The van der Waals surface area contributed by atoms with Crippen LogP contribution in [0.5, 0.6) is 0 Å². The Labute approximate surface area is 249 Å². The van der Waals surface area contributed by atoms with Crippen molar-refractivity contribution in [2.45, 2.75) is 41.7 Å². The van der Waals surface area contributed by atoms with E-state index in [0.717, 1.165) is 12.1 Å². The second-order valence-electron chi connectivity index (χ2n) is 11.3. The molecular formula is C32H34ClN3O4S. The highest BCUT2D eigenvalue weighted by Gasteiger charge is 2.74. The average Bonchev–Trinajstić information content (AvgIpc) is 3.23. The van der Waals surface area contributed by atoms with Crippen molar-refractivity contribution in [1.29, 1.82) is 0 Å². The first-order valence-corrected chi connectivity index (χ1v) is 15.4. The number of amides is 3. The largest absolute Gasteiger partial charge is 0.396 e. The van der Waals surface area contributed by atoms with Crippen LogP contribution in [0.15, 0.2) is 78.9 Å². The number of benzene rings is 2. The Morgan fingerprint density at radius 2 is 1.56 bits per heavy atom. The van der Waals surface area contributed by atoms with Gasteiger partial charge in [-0.05, 0) is 50.5 Å². The number of para-hydroxylation sites is 2. The molecule has 3 amide bonds. The standard InChI is InChI=1S/C32H34ClN3O4S/c1-31-16-10-19-34(22-12-4-2-5-13-22)28(38)25(31)26-29(39)36(18-8-3-9-21-37)27-30(40)35(20-11-17-32(26,27)41-31)24-15-7-6-14-23(24)33/h2,4-7,10-17,25-27,37H,3,8-9,18-21H2,1H3/t25-,26+,27?,31+,32+/m1/s1. The zero-order valence-electron chi connectivity index (χ0n) is 23.0. The van der Waals surface area contributed by atoms with Gasteiger partial charge in [-0.25, -0.2) is 0 Å². The van der Waals surface area contributed by atoms with Gasteiger partial charge in [0.05, 0.1) is 27.3 Å². The Bertz CT molecular complexity index is 1420. The number of carbonyl (C=O) groups excluding carboxylic acids is 3. The van der Waals surface area contributed by atoms with Crippen LogP contribution in [-0.4, -0.2) is 69.5 Å². The number of halogens is 1. The molecule has 1 unspecified atom stereocenters. The van der Waals surface area contributed by atoms with Gasteiger partial charge in [-0.1, -0.05) is 66.2 Å². The van der Waals surface area contributed by atoms with Gasteiger partial charge in [-0.15, -0.1) is 11.8 Å². The minimum Gasteiger partial charge on any atom is -0.396 e. The Kier molecular flexibility index (Phi) is 7.51. The number of thioether (sulfide) groups is 1. The van der Waals surface area contributed by atoms with Crippen LogP contribution in [-0.2, 0) is 14.4 Å². The Hall–Kier alpha value is -3.07. The first-order chi connectivity index (χ1) is 19.8. The van der Waals surface area contributed by atoms with E-state index in [2.05, 4.69) is 6.08 Å². The van der Waals surface area contributed by atoms with Gasteiger partial charge in [0.15, 0.2) is 0 Å². The maximum atomic E-state index is 14.6. The van der Waals surface area contributed by atoms with Gasteiger partial charge in [-0.3, -0.25) is 14.4 Å². The number of hydrogen-bond donors (Lipinski definition) is 1. The molecule has 5 atom stereocenters. The Morgan fingerprint density at radius 3 is 2.32 bits per heavy atom. The first-order valence-electron chi connectivity index (χ1n) is 14.2. The molecule has 0 bridgehead atoms. The fraction of sp³-hybridized carbons (Fsp3) is 0.406. The predicted octanol–water partition coefficient (Wildman–Crippen LogP) is 4.70. The van der Waals surface area contributed by atoms with Gasteiger partial charge < -0.3 is 19.8 Å². The highest BCUT2D eigenvalue weighted by molar-refractivity contribution is 8.02. The number of anilines is 2. The van der Waals surface area contributed by atoms with Gasteiger partial charge in [-0.2, -0.15) is 0 Å². The van der Waals surface area contributed by atoms with Crippen LogP contribution in [0, 0.1) is 11.8 Å². The molecule has 0 radical (unpaired) electrons. The molecule has 1 N–H and O–H groups in total. The number of hydrogen-bond acceptors (Lipinski definition) is 5. The number of aliphatic hydroxyl groups is 1. The summed E-state index contributed by atoms with van der Waals surface area (Å²) in [6.07, 6.45) is 10.1. The SMILES string of the molecule is C[C@]12C=CCN(c3ccccc3)C(=O)[C@H]1[C@H]1C(=O)N(CCCCCO)C3C(=O)N(c4ccccc4Cl)CC=C[C@@]31S2. The average molecular weight is 592 g/mol. The lowest BCUT2D eigenvalue weighted by atomic mass is 9.74. The van der Waals surface area contributed by atoms with Crippen LogP contribution in [0.3, 0.4) is 0 Å². The third-order valence-electron chi connectivity index (χ3n) is 8.83. The van der Waals surface area contributed by atoms with Crippen LogP contribution in [0.1, 0.15) is 26.2 Å². The molecule has 0 aromatic heterocycles. The fourth-order valence-corrected chi connectivity index (χ4v) is 9.45. The van der Waals surface area contributed by atoms with E-state index in [4.69, 9.17) is 11.6 Å². The van der Waals surface area contributed by atoms with E-state index in [1.165, 1.54) is 0 Å². The van der Waals surface area contributed by atoms with E-state index in [1.54, 1.807) is 32.5 Å². The molecular weight excluding hydrogens is 558 g/mol. The maximum absolute atomic E-state index is 14.6. The maximum Gasteiger partial charge on any atom is 0.251 e. The van der Waals surface area contributed by atoms with Crippen molar-refractivity contribution in [3.63, 3.8) is 0 Å². The lowest BCUT2D eigenvalue weighted by Gasteiger charge is -2.37. The Balaban J connectivity index is 1.45. The van der Waals surface area contributed by atoms with Crippen LogP contribution in [0.2, 0.25) is 5.02 Å². The van der Waals surface area contributed by atoms with Crippen molar-refractivity contribution >= 4 is 52.5 Å². The molecule has 41 heavy (non-hydrogen) atoms. The summed E-state index contributed by atoms with van der Waals surface area (Å²) in [4.78, 5) is 48.7. The van der Waals surface area contributed by atoms with Gasteiger partial charge in [0, 0.05) is 36.7 Å². The van der Waals surface area contributed by atoms with E-state index in [1.807, 2.05) is 73.7 Å². The third-order valence-corrected chi connectivity index (χ3v) is 10.9. The summed E-state index contributed by atoms with van der Waals surface area (Å²) in [5, 5.41) is 9.78. The van der Waals surface area contributed by atoms with E-state index in [0.29, 0.717) is 43.2 Å². The number of rotatable bonds is 7. The van der Waals surface area contributed by atoms with Crippen LogP contribution < -0.4 is 9.80 Å². The number of likely N-dealkylation sites (tertiary alicyclic amines) is 1. The molecule has 2 saturated heterocycles. The first kappa shape index (κ1) is 28.1. The summed E-state index contributed by atoms with van der Waals surface area (Å²) in [6.45, 7) is 3.24. The number of aliphatic hydroxyl groups excluding tert-OH is 1.